The van der Waals surface area contributed by atoms with Crippen molar-refractivity contribution in [3.05, 3.63) is 48.0 Å². The first kappa shape index (κ1) is 17.1. The molecule has 28 heavy (non-hydrogen) atoms. The Balaban J connectivity index is 1.74. The molecule has 3 atom stereocenters. The summed E-state index contributed by atoms with van der Waals surface area (Å²) in [6, 6.07) is 8.54. The predicted octanol–water partition coefficient (Wildman–Crippen LogP) is 1.81. The SMILES string of the molecule is CN1C(=O)C2(N=C1N)c1cc(-c3cccnc3F)ccc1OC1CCCO[C@H]12. The number of carbonyl (C=O) groups excluding carboxylic acids is 1. The molecule has 144 valence electrons. The summed E-state index contributed by atoms with van der Waals surface area (Å²) < 4.78 is 26.4. The van der Waals surface area contributed by atoms with Crippen LogP contribution in [0.1, 0.15) is 18.4 Å². The number of nitrogens with zero attached hydrogens (tertiary/aromatic N) is 3. The van der Waals surface area contributed by atoms with E-state index in [9.17, 15) is 9.18 Å². The van der Waals surface area contributed by atoms with Gasteiger partial charge in [-0.05, 0) is 42.7 Å². The molecule has 2 aromatic rings. The number of rotatable bonds is 1. The lowest BCUT2D eigenvalue weighted by molar-refractivity contribution is -0.151. The van der Waals surface area contributed by atoms with Crippen molar-refractivity contribution in [3.63, 3.8) is 0 Å². The van der Waals surface area contributed by atoms with Gasteiger partial charge in [0.15, 0.2) is 5.96 Å². The number of halogens is 1. The number of ether oxygens (including phenoxy) is 2. The van der Waals surface area contributed by atoms with Crippen LogP contribution in [0.4, 0.5) is 4.39 Å². The maximum atomic E-state index is 14.3. The van der Waals surface area contributed by atoms with E-state index >= 15 is 0 Å². The highest BCUT2D eigenvalue weighted by molar-refractivity contribution is 6.08. The Hall–Kier alpha value is -3.00. The highest BCUT2D eigenvalue weighted by atomic mass is 19.1. The summed E-state index contributed by atoms with van der Waals surface area (Å²) in [7, 11) is 1.59. The largest absolute Gasteiger partial charge is 0.487 e. The molecule has 0 radical (unpaired) electrons. The van der Waals surface area contributed by atoms with E-state index in [0.29, 0.717) is 29.0 Å². The third kappa shape index (κ3) is 2.21. The van der Waals surface area contributed by atoms with Crippen LogP contribution >= 0.6 is 0 Å². The molecule has 3 aliphatic heterocycles. The predicted molar refractivity (Wildman–Crippen MR) is 99.1 cm³/mol. The summed E-state index contributed by atoms with van der Waals surface area (Å²) in [6.45, 7) is 0.519. The number of nitrogens with two attached hydrogens (primary N) is 1. The Kier molecular flexibility index (Phi) is 3.67. The molecule has 5 rings (SSSR count). The van der Waals surface area contributed by atoms with Crippen molar-refractivity contribution < 1.29 is 18.7 Å². The summed E-state index contributed by atoms with van der Waals surface area (Å²) in [5.74, 6) is -0.183. The second-order valence-electron chi connectivity index (χ2n) is 7.24. The van der Waals surface area contributed by atoms with E-state index in [1.807, 2.05) is 0 Å². The lowest BCUT2D eigenvalue weighted by Crippen LogP contribution is -2.58. The third-order valence-corrected chi connectivity index (χ3v) is 5.68. The standard InChI is InChI=1S/C20H19FN4O3/c1-25-18(26)20(24-19(25)22)13-10-11(12-4-2-8-23-17(12)21)6-7-14(13)28-15-5-3-9-27-16(15)20/h2,4,6-8,10,15-16H,3,5,9H2,1H3,(H2,22,24)/t15?,16-,20?/m1/s1. The molecule has 2 N–H and O–H groups in total. The molecule has 1 aromatic carbocycles. The van der Waals surface area contributed by atoms with Gasteiger partial charge in [-0.15, -0.1) is 0 Å². The fourth-order valence-corrected chi connectivity index (χ4v) is 4.30. The highest BCUT2D eigenvalue weighted by Gasteiger charge is 2.61. The highest BCUT2D eigenvalue weighted by Crippen LogP contribution is 2.49. The first-order valence-electron chi connectivity index (χ1n) is 9.19. The topological polar surface area (TPSA) is 90.0 Å². The number of pyridine rings is 1. The first-order valence-corrected chi connectivity index (χ1v) is 9.19. The zero-order valence-corrected chi connectivity index (χ0v) is 15.3. The van der Waals surface area contributed by atoms with Crippen LogP contribution in [0.3, 0.4) is 0 Å². The molecule has 0 aliphatic carbocycles. The monoisotopic (exact) mass is 382 g/mol. The number of fused-ring (bicyclic) bond motifs is 4. The molecule has 0 bridgehead atoms. The zero-order chi connectivity index (χ0) is 19.5. The molecule has 7 nitrogen and oxygen atoms in total. The fraction of sp³-hybridized carbons (Fsp3) is 0.350. The zero-order valence-electron chi connectivity index (χ0n) is 15.3. The van der Waals surface area contributed by atoms with E-state index < -0.39 is 17.6 Å². The number of likely N-dealkylation sites (N-methyl/N-ethyl adjacent to an activating group) is 1. The van der Waals surface area contributed by atoms with E-state index in [-0.39, 0.29) is 18.0 Å². The molecule has 0 saturated carbocycles. The maximum Gasteiger partial charge on any atom is 0.264 e. The molecule has 2 unspecified atom stereocenters. The molecule has 4 heterocycles. The summed E-state index contributed by atoms with van der Waals surface area (Å²) in [5, 5.41) is 0. The van der Waals surface area contributed by atoms with E-state index in [1.165, 1.54) is 11.1 Å². The molecule has 1 spiro atoms. The minimum absolute atomic E-state index is 0.128. The van der Waals surface area contributed by atoms with E-state index in [0.717, 1.165) is 12.8 Å². The second-order valence-corrected chi connectivity index (χ2v) is 7.24. The van der Waals surface area contributed by atoms with E-state index in [2.05, 4.69) is 9.98 Å². The van der Waals surface area contributed by atoms with Crippen molar-refractivity contribution in [1.29, 1.82) is 0 Å². The minimum Gasteiger partial charge on any atom is -0.487 e. The van der Waals surface area contributed by atoms with Gasteiger partial charge in [0.25, 0.3) is 5.91 Å². The fourth-order valence-electron chi connectivity index (χ4n) is 4.30. The van der Waals surface area contributed by atoms with Crippen LogP contribution in [0, 0.1) is 5.95 Å². The van der Waals surface area contributed by atoms with Crippen LogP contribution in [-0.2, 0) is 15.1 Å². The summed E-state index contributed by atoms with van der Waals surface area (Å²) in [5.41, 5.74) is 6.14. The molecule has 8 heteroatoms. The van der Waals surface area contributed by atoms with Gasteiger partial charge < -0.3 is 15.2 Å². The van der Waals surface area contributed by atoms with Crippen molar-refractivity contribution in [2.75, 3.05) is 13.7 Å². The Morgan fingerprint density at radius 1 is 1.36 bits per heavy atom. The lowest BCUT2D eigenvalue weighted by Gasteiger charge is -2.45. The number of hydrogen-bond acceptors (Lipinski definition) is 6. The average molecular weight is 382 g/mol. The van der Waals surface area contributed by atoms with Gasteiger partial charge in [0.1, 0.15) is 18.0 Å². The summed E-state index contributed by atoms with van der Waals surface area (Å²) in [4.78, 5) is 23.0. The molecule has 1 aromatic heterocycles. The number of hydrogen-bond donors (Lipinski definition) is 1. The van der Waals surface area contributed by atoms with E-state index in [4.69, 9.17) is 15.2 Å². The van der Waals surface area contributed by atoms with Crippen LogP contribution in [0.25, 0.3) is 11.1 Å². The maximum absolute atomic E-state index is 14.3. The molecule has 1 amide bonds. The number of amides is 1. The Labute approximate surface area is 161 Å². The van der Waals surface area contributed by atoms with Gasteiger partial charge in [-0.1, -0.05) is 6.07 Å². The molecular weight excluding hydrogens is 363 g/mol. The first-order chi connectivity index (χ1) is 13.5. The van der Waals surface area contributed by atoms with Crippen LogP contribution in [0.2, 0.25) is 0 Å². The summed E-state index contributed by atoms with van der Waals surface area (Å²) in [6.07, 6.45) is 2.11. The van der Waals surface area contributed by atoms with Gasteiger partial charge in [0, 0.05) is 31.0 Å². The molecule has 3 aliphatic rings. The van der Waals surface area contributed by atoms with Crippen LogP contribution in [0.5, 0.6) is 5.75 Å². The smallest absolute Gasteiger partial charge is 0.264 e. The van der Waals surface area contributed by atoms with Gasteiger partial charge in [-0.3, -0.25) is 9.69 Å². The normalized spacial score (nSPS) is 28.6. The molecular formula is C20H19FN4O3. The van der Waals surface area contributed by atoms with Crippen molar-refractivity contribution in [1.82, 2.24) is 9.88 Å². The van der Waals surface area contributed by atoms with Gasteiger partial charge in [0.2, 0.25) is 11.5 Å². The van der Waals surface area contributed by atoms with Gasteiger partial charge >= 0.3 is 0 Å². The molecule has 1 saturated heterocycles. The number of aromatic nitrogens is 1. The lowest BCUT2D eigenvalue weighted by atomic mass is 9.76. The number of aliphatic imine (C=N–C) groups is 1. The van der Waals surface area contributed by atoms with Crippen LogP contribution < -0.4 is 10.5 Å². The van der Waals surface area contributed by atoms with Gasteiger partial charge in [-0.25, -0.2) is 9.98 Å². The Morgan fingerprint density at radius 3 is 2.96 bits per heavy atom. The van der Waals surface area contributed by atoms with Crippen molar-refractivity contribution >= 4 is 11.9 Å². The van der Waals surface area contributed by atoms with Crippen LogP contribution in [-0.4, -0.2) is 47.6 Å². The molecule has 1 fully saturated rings. The van der Waals surface area contributed by atoms with E-state index in [1.54, 1.807) is 37.4 Å². The van der Waals surface area contributed by atoms with Crippen molar-refractivity contribution in [3.8, 4) is 16.9 Å². The quantitative estimate of drug-likeness (QED) is 0.760. The van der Waals surface area contributed by atoms with Gasteiger partial charge in [-0.2, -0.15) is 4.39 Å². The number of benzene rings is 1. The van der Waals surface area contributed by atoms with Crippen molar-refractivity contribution in [2.45, 2.75) is 30.6 Å². The third-order valence-electron chi connectivity index (χ3n) is 5.68. The second kappa shape index (κ2) is 6.00. The van der Waals surface area contributed by atoms with Crippen LogP contribution in [0.15, 0.2) is 41.5 Å². The Morgan fingerprint density at radius 2 is 2.21 bits per heavy atom. The van der Waals surface area contributed by atoms with Crippen molar-refractivity contribution in [2.24, 2.45) is 10.7 Å². The van der Waals surface area contributed by atoms with Gasteiger partial charge in [0.05, 0.1) is 0 Å². The number of carbonyl (C=O) groups is 1. The Bertz CT molecular complexity index is 1010. The average Bonchev–Trinajstić information content (AvgIpc) is 2.93. The minimum atomic E-state index is -1.33. The number of guanidine groups is 1. The summed E-state index contributed by atoms with van der Waals surface area (Å²) >= 11 is 0.